The molecule has 1 heterocycles. The lowest BCUT2D eigenvalue weighted by Crippen LogP contribution is -2.20. The molecule has 30 heavy (non-hydrogen) atoms. The lowest BCUT2D eigenvalue weighted by Gasteiger charge is -2.05. The maximum atomic E-state index is 13.2. The van der Waals surface area contributed by atoms with E-state index in [9.17, 15) is 14.9 Å². The smallest absolute Gasteiger partial charge is 0.280 e. The van der Waals surface area contributed by atoms with Crippen molar-refractivity contribution in [2.24, 2.45) is 4.99 Å². The molecule has 0 bridgehead atoms. The Bertz CT molecular complexity index is 1110. The number of H-pyrrole nitrogens is 1. The number of hydrogen-bond acceptors (Lipinski definition) is 6. The summed E-state index contributed by atoms with van der Waals surface area (Å²) < 4.78 is 11.6. The fourth-order valence-corrected chi connectivity index (χ4v) is 3.03. The van der Waals surface area contributed by atoms with Crippen LogP contribution < -0.4 is 10.3 Å². The molecule has 1 N–H and O–H groups in total. The van der Waals surface area contributed by atoms with E-state index in [0.717, 1.165) is 5.56 Å². The van der Waals surface area contributed by atoms with E-state index < -0.39 is 4.92 Å². The van der Waals surface area contributed by atoms with Gasteiger partial charge in [0.2, 0.25) is 0 Å². The van der Waals surface area contributed by atoms with E-state index in [2.05, 4.69) is 10.1 Å². The van der Waals surface area contributed by atoms with Crippen LogP contribution in [0.25, 0.3) is 16.9 Å². The number of nitro benzene ring substituents is 1. The Labute approximate surface area is 172 Å². The van der Waals surface area contributed by atoms with Crippen LogP contribution in [-0.4, -0.2) is 47.8 Å². The molecule has 9 nitrogen and oxygen atoms in total. The van der Waals surface area contributed by atoms with Crippen molar-refractivity contribution < 1.29 is 14.4 Å². The van der Waals surface area contributed by atoms with Crippen LogP contribution in [0.4, 0.5) is 5.69 Å². The third-order valence-electron chi connectivity index (χ3n) is 4.59. The Morgan fingerprint density at radius 2 is 1.80 bits per heavy atom. The third-order valence-corrected chi connectivity index (χ3v) is 4.59. The van der Waals surface area contributed by atoms with E-state index in [4.69, 9.17) is 9.47 Å². The monoisotopic (exact) mass is 410 g/mol. The standard InChI is InChI=1S/C21H22N4O5/c1-14(22-12-13-29-2)19-20(15-4-10-18(30-3)11-5-15)23-24(21(19)26)16-6-8-17(9-7-16)25(27)28/h4-11,23H,12-13H2,1-3H3. The van der Waals surface area contributed by atoms with E-state index in [1.54, 1.807) is 33.3 Å². The molecule has 2 aromatic carbocycles. The van der Waals surface area contributed by atoms with Crippen LogP contribution in [0.3, 0.4) is 0 Å². The summed E-state index contributed by atoms with van der Waals surface area (Å²) in [7, 11) is 3.17. The average Bonchev–Trinajstić information content (AvgIpc) is 3.11. The van der Waals surface area contributed by atoms with Gasteiger partial charge in [0.05, 0.1) is 42.1 Å². The number of nitro groups is 1. The summed E-state index contributed by atoms with van der Waals surface area (Å²) in [5.41, 5.74) is 2.51. The molecule has 3 aromatic rings. The largest absolute Gasteiger partial charge is 0.497 e. The number of aromatic amines is 1. The molecule has 0 radical (unpaired) electrons. The van der Waals surface area contributed by atoms with Gasteiger partial charge in [-0.2, -0.15) is 0 Å². The van der Waals surface area contributed by atoms with Crippen LogP contribution in [0.2, 0.25) is 0 Å². The molecular weight excluding hydrogens is 388 g/mol. The van der Waals surface area contributed by atoms with Crippen LogP contribution in [0.15, 0.2) is 58.3 Å². The van der Waals surface area contributed by atoms with Gasteiger partial charge in [-0.1, -0.05) is 0 Å². The van der Waals surface area contributed by atoms with E-state index >= 15 is 0 Å². The predicted molar refractivity (Wildman–Crippen MR) is 114 cm³/mol. The van der Waals surface area contributed by atoms with Gasteiger partial charge in [0, 0.05) is 30.5 Å². The molecule has 0 atom stereocenters. The van der Waals surface area contributed by atoms with E-state index in [-0.39, 0.29) is 11.2 Å². The molecule has 0 aliphatic carbocycles. The SMILES string of the molecule is COCCN=C(C)c1c(-c2ccc(OC)cc2)[nH]n(-c2ccc([N+](=O)[O-])cc2)c1=O. The number of ether oxygens (including phenoxy) is 2. The Morgan fingerprint density at radius 1 is 1.13 bits per heavy atom. The number of rotatable bonds is 8. The van der Waals surface area contributed by atoms with Crippen molar-refractivity contribution in [1.82, 2.24) is 9.78 Å². The van der Waals surface area contributed by atoms with E-state index in [0.29, 0.717) is 41.6 Å². The van der Waals surface area contributed by atoms with Crippen LogP contribution in [0.1, 0.15) is 12.5 Å². The van der Waals surface area contributed by atoms with Crippen molar-refractivity contribution in [3.63, 3.8) is 0 Å². The van der Waals surface area contributed by atoms with Crippen molar-refractivity contribution in [3.8, 4) is 22.7 Å². The second-order valence-electron chi connectivity index (χ2n) is 6.46. The molecule has 0 spiro atoms. The highest BCUT2D eigenvalue weighted by atomic mass is 16.6. The van der Waals surface area contributed by atoms with Crippen molar-refractivity contribution in [1.29, 1.82) is 0 Å². The van der Waals surface area contributed by atoms with Crippen molar-refractivity contribution >= 4 is 11.4 Å². The number of methoxy groups -OCH3 is 2. The van der Waals surface area contributed by atoms with Gasteiger partial charge in [0.25, 0.3) is 11.2 Å². The molecule has 156 valence electrons. The molecule has 0 saturated heterocycles. The minimum atomic E-state index is -0.484. The maximum absolute atomic E-state index is 13.2. The third kappa shape index (κ3) is 4.31. The van der Waals surface area contributed by atoms with Crippen LogP contribution in [0, 0.1) is 10.1 Å². The number of non-ortho nitro benzene ring substituents is 1. The highest BCUT2D eigenvalue weighted by Crippen LogP contribution is 2.24. The van der Waals surface area contributed by atoms with E-state index in [1.807, 2.05) is 12.1 Å². The first-order valence-electron chi connectivity index (χ1n) is 9.21. The maximum Gasteiger partial charge on any atom is 0.280 e. The van der Waals surface area contributed by atoms with Gasteiger partial charge >= 0.3 is 0 Å². The second-order valence-corrected chi connectivity index (χ2v) is 6.46. The van der Waals surface area contributed by atoms with E-state index in [1.165, 1.54) is 28.9 Å². The quantitative estimate of drug-likeness (QED) is 0.265. The molecule has 9 heteroatoms. The number of nitrogens with one attached hydrogen (secondary N) is 1. The number of benzene rings is 2. The van der Waals surface area contributed by atoms with Gasteiger partial charge in [-0.25, -0.2) is 4.68 Å². The first kappa shape index (κ1) is 21.0. The van der Waals surface area contributed by atoms with Crippen LogP contribution in [0.5, 0.6) is 5.75 Å². The van der Waals surface area contributed by atoms with Crippen LogP contribution in [-0.2, 0) is 4.74 Å². The van der Waals surface area contributed by atoms with Gasteiger partial charge < -0.3 is 9.47 Å². The molecule has 1 aromatic heterocycles. The first-order valence-corrected chi connectivity index (χ1v) is 9.21. The van der Waals surface area contributed by atoms with Crippen molar-refractivity contribution in [2.45, 2.75) is 6.92 Å². The minimum Gasteiger partial charge on any atom is -0.497 e. The summed E-state index contributed by atoms with van der Waals surface area (Å²) in [6.45, 7) is 2.64. The zero-order chi connectivity index (χ0) is 21.7. The summed E-state index contributed by atoms with van der Waals surface area (Å²) in [5.74, 6) is 0.697. The first-order chi connectivity index (χ1) is 14.5. The molecule has 0 amide bonds. The summed E-state index contributed by atoms with van der Waals surface area (Å²) >= 11 is 0. The zero-order valence-corrected chi connectivity index (χ0v) is 16.9. The Balaban J connectivity index is 2.14. The number of hydrogen-bond donors (Lipinski definition) is 1. The van der Waals surface area contributed by atoms with Gasteiger partial charge in [-0.3, -0.25) is 25.0 Å². The molecule has 0 aliphatic rings. The van der Waals surface area contributed by atoms with Crippen LogP contribution >= 0.6 is 0 Å². The van der Waals surface area contributed by atoms with Crippen molar-refractivity contribution in [2.75, 3.05) is 27.4 Å². The highest BCUT2D eigenvalue weighted by molar-refractivity contribution is 6.03. The number of aromatic nitrogens is 2. The van der Waals surface area contributed by atoms with Gasteiger partial charge in [0.15, 0.2) is 0 Å². The molecule has 3 rings (SSSR count). The highest BCUT2D eigenvalue weighted by Gasteiger charge is 2.19. The molecule has 0 aliphatic heterocycles. The lowest BCUT2D eigenvalue weighted by molar-refractivity contribution is -0.384. The molecule has 0 unspecified atom stereocenters. The van der Waals surface area contributed by atoms with Gasteiger partial charge in [-0.05, 0) is 43.3 Å². The fraction of sp³-hybridized carbons (Fsp3) is 0.238. The Hall–Kier alpha value is -3.72. The minimum absolute atomic E-state index is 0.0498. The molecule has 0 saturated carbocycles. The number of nitrogens with zero attached hydrogens (tertiary/aromatic N) is 3. The topological polar surface area (TPSA) is 112 Å². The normalized spacial score (nSPS) is 11.5. The molecule has 0 fully saturated rings. The lowest BCUT2D eigenvalue weighted by atomic mass is 10.1. The summed E-state index contributed by atoms with van der Waals surface area (Å²) in [6, 6.07) is 13.1. The molecular formula is C21H22N4O5. The number of aliphatic imine (C=N–C) groups is 1. The Kier molecular flexibility index (Phi) is 6.43. The second kappa shape index (κ2) is 9.19. The van der Waals surface area contributed by atoms with Crippen molar-refractivity contribution in [3.05, 3.63) is 74.6 Å². The Morgan fingerprint density at radius 3 is 2.37 bits per heavy atom. The van der Waals surface area contributed by atoms with Gasteiger partial charge in [0.1, 0.15) is 5.75 Å². The van der Waals surface area contributed by atoms with Gasteiger partial charge in [-0.15, -0.1) is 0 Å². The summed E-state index contributed by atoms with van der Waals surface area (Å²) in [4.78, 5) is 28.1. The average molecular weight is 410 g/mol. The zero-order valence-electron chi connectivity index (χ0n) is 16.9. The summed E-state index contributed by atoms with van der Waals surface area (Å²) in [6.07, 6.45) is 0. The fourth-order valence-electron chi connectivity index (χ4n) is 3.03. The predicted octanol–water partition coefficient (Wildman–Crippen LogP) is 3.20. The summed E-state index contributed by atoms with van der Waals surface area (Å²) in [5, 5.41) is 14.0.